The predicted molar refractivity (Wildman–Crippen MR) is 136 cm³/mol. The quantitative estimate of drug-likeness (QED) is 0.466. The van der Waals surface area contributed by atoms with E-state index >= 15 is 0 Å². The molecule has 1 N–H and O–H groups in total. The first kappa shape index (κ1) is 22.8. The highest BCUT2D eigenvalue weighted by Gasteiger charge is 2.24. The lowest BCUT2D eigenvalue weighted by molar-refractivity contribution is -0.117. The number of piperazine rings is 1. The summed E-state index contributed by atoms with van der Waals surface area (Å²) in [5, 5.41) is 8.01. The summed E-state index contributed by atoms with van der Waals surface area (Å²) in [7, 11) is 0. The number of fused-ring (bicyclic) bond motifs is 1. The van der Waals surface area contributed by atoms with Crippen molar-refractivity contribution in [3.8, 4) is 11.3 Å². The number of amides is 2. The summed E-state index contributed by atoms with van der Waals surface area (Å²) in [4.78, 5) is 29.8. The molecule has 0 aliphatic carbocycles. The lowest BCUT2D eigenvalue weighted by Gasteiger charge is -2.34. The molecular weight excluding hydrogens is 440 g/mol. The number of hydrogen-bond acceptors (Lipinski definition) is 5. The normalized spacial score (nSPS) is 14.3. The lowest BCUT2D eigenvalue weighted by atomic mass is 10.1. The molecule has 178 valence electrons. The van der Waals surface area contributed by atoms with Gasteiger partial charge in [0.2, 0.25) is 5.91 Å². The number of nitrogens with zero attached hydrogens (tertiary/aromatic N) is 3. The van der Waals surface area contributed by atoms with Gasteiger partial charge in [-0.05, 0) is 43.2 Å². The van der Waals surface area contributed by atoms with E-state index in [1.165, 1.54) is 0 Å². The van der Waals surface area contributed by atoms with Crippen LogP contribution in [-0.4, -0.2) is 59.5 Å². The molecule has 0 saturated carbocycles. The smallest absolute Gasteiger partial charge is 0.253 e. The summed E-state index contributed by atoms with van der Waals surface area (Å²) in [5.41, 5.74) is 5.24. The predicted octanol–water partition coefficient (Wildman–Crippen LogP) is 4.51. The van der Waals surface area contributed by atoms with Crippen LogP contribution in [0, 0.1) is 13.8 Å². The molecule has 1 aliphatic rings. The Morgan fingerprint density at radius 1 is 0.914 bits per heavy atom. The Morgan fingerprint density at radius 3 is 2.34 bits per heavy atom. The van der Waals surface area contributed by atoms with Crippen molar-refractivity contribution < 1.29 is 14.1 Å². The first-order valence-electron chi connectivity index (χ1n) is 11.8. The summed E-state index contributed by atoms with van der Waals surface area (Å²) in [6.45, 7) is 6.74. The SMILES string of the molecule is Cc1cccc(C)c1NC(=O)CN1CCN(C(=O)c2ccc3noc(-c4ccccc4)c3c2)CC1. The minimum atomic E-state index is -0.0338. The molecule has 3 aromatic carbocycles. The Morgan fingerprint density at radius 2 is 1.63 bits per heavy atom. The maximum absolute atomic E-state index is 13.2. The summed E-state index contributed by atoms with van der Waals surface area (Å²) in [5.74, 6) is 0.607. The fourth-order valence-corrected chi connectivity index (χ4v) is 4.56. The van der Waals surface area contributed by atoms with E-state index in [4.69, 9.17) is 4.52 Å². The number of nitrogens with one attached hydrogen (secondary N) is 1. The summed E-state index contributed by atoms with van der Waals surface area (Å²) in [6.07, 6.45) is 0. The van der Waals surface area contributed by atoms with Crippen molar-refractivity contribution in [1.29, 1.82) is 0 Å². The second-order valence-electron chi connectivity index (χ2n) is 8.99. The van der Waals surface area contributed by atoms with Crippen LogP contribution in [0.15, 0.2) is 71.3 Å². The first-order chi connectivity index (χ1) is 17.0. The second kappa shape index (κ2) is 9.72. The molecule has 1 fully saturated rings. The molecule has 0 spiro atoms. The number of aromatic nitrogens is 1. The van der Waals surface area contributed by atoms with Gasteiger partial charge in [0.15, 0.2) is 5.76 Å². The maximum atomic E-state index is 13.2. The molecule has 0 radical (unpaired) electrons. The highest BCUT2D eigenvalue weighted by atomic mass is 16.5. The summed E-state index contributed by atoms with van der Waals surface area (Å²) >= 11 is 0. The minimum absolute atomic E-state index is 0.0215. The van der Waals surface area contributed by atoms with Crippen LogP contribution in [0.3, 0.4) is 0 Å². The van der Waals surface area contributed by atoms with Crippen LogP contribution in [0.5, 0.6) is 0 Å². The molecule has 2 amide bonds. The molecular formula is C28H28N4O3. The largest absolute Gasteiger partial charge is 0.355 e. The Labute approximate surface area is 204 Å². The first-order valence-corrected chi connectivity index (χ1v) is 11.8. The van der Waals surface area contributed by atoms with E-state index in [1.54, 1.807) is 6.07 Å². The van der Waals surface area contributed by atoms with Crippen LogP contribution >= 0.6 is 0 Å². The lowest BCUT2D eigenvalue weighted by Crippen LogP contribution is -2.50. The average molecular weight is 469 g/mol. The molecule has 1 aromatic heterocycles. The van der Waals surface area contributed by atoms with E-state index in [0.29, 0.717) is 44.0 Å². The van der Waals surface area contributed by atoms with Gasteiger partial charge in [0.05, 0.1) is 11.9 Å². The molecule has 0 unspecified atom stereocenters. The Balaban J connectivity index is 1.22. The van der Waals surface area contributed by atoms with Gasteiger partial charge in [0, 0.05) is 43.0 Å². The van der Waals surface area contributed by atoms with Crippen molar-refractivity contribution in [2.45, 2.75) is 13.8 Å². The summed E-state index contributed by atoms with van der Waals surface area (Å²) in [6, 6.07) is 21.2. The van der Waals surface area contributed by atoms with Gasteiger partial charge in [0.25, 0.3) is 5.91 Å². The van der Waals surface area contributed by atoms with Crippen molar-refractivity contribution >= 4 is 28.4 Å². The highest BCUT2D eigenvalue weighted by molar-refractivity contribution is 6.01. The number of aryl methyl sites for hydroxylation is 2. The number of carbonyl (C=O) groups is 2. The number of benzene rings is 3. The zero-order valence-corrected chi connectivity index (χ0v) is 20.0. The van der Waals surface area contributed by atoms with Gasteiger partial charge in [-0.3, -0.25) is 14.5 Å². The van der Waals surface area contributed by atoms with Crippen LogP contribution < -0.4 is 5.32 Å². The number of para-hydroxylation sites is 1. The minimum Gasteiger partial charge on any atom is -0.355 e. The van der Waals surface area contributed by atoms with Gasteiger partial charge < -0.3 is 14.7 Å². The molecule has 0 bridgehead atoms. The van der Waals surface area contributed by atoms with Crippen LogP contribution in [0.25, 0.3) is 22.2 Å². The highest BCUT2D eigenvalue weighted by Crippen LogP contribution is 2.29. The Bertz CT molecular complexity index is 1350. The molecule has 2 heterocycles. The van der Waals surface area contributed by atoms with E-state index in [1.807, 2.05) is 79.4 Å². The van der Waals surface area contributed by atoms with E-state index in [0.717, 1.165) is 33.3 Å². The van der Waals surface area contributed by atoms with Crippen molar-refractivity contribution in [1.82, 2.24) is 15.0 Å². The number of anilines is 1. The topological polar surface area (TPSA) is 78.7 Å². The molecule has 0 atom stereocenters. The van der Waals surface area contributed by atoms with Gasteiger partial charge in [-0.2, -0.15) is 0 Å². The molecule has 1 aliphatic heterocycles. The van der Waals surface area contributed by atoms with E-state index in [9.17, 15) is 9.59 Å². The summed E-state index contributed by atoms with van der Waals surface area (Å²) < 4.78 is 5.57. The van der Waals surface area contributed by atoms with E-state index < -0.39 is 0 Å². The van der Waals surface area contributed by atoms with Crippen molar-refractivity contribution in [3.63, 3.8) is 0 Å². The van der Waals surface area contributed by atoms with Crippen LogP contribution in [0.4, 0.5) is 5.69 Å². The van der Waals surface area contributed by atoms with Crippen molar-refractivity contribution in [2.24, 2.45) is 0 Å². The molecule has 7 nitrogen and oxygen atoms in total. The third-order valence-corrected chi connectivity index (χ3v) is 6.53. The Hall–Kier alpha value is -3.97. The molecule has 35 heavy (non-hydrogen) atoms. The Kier molecular flexibility index (Phi) is 6.33. The molecule has 5 rings (SSSR count). The van der Waals surface area contributed by atoms with Gasteiger partial charge in [-0.15, -0.1) is 0 Å². The third-order valence-electron chi connectivity index (χ3n) is 6.53. The van der Waals surface area contributed by atoms with E-state index in [2.05, 4.69) is 15.4 Å². The van der Waals surface area contributed by atoms with Crippen molar-refractivity contribution in [3.05, 3.63) is 83.4 Å². The van der Waals surface area contributed by atoms with Gasteiger partial charge in [-0.1, -0.05) is 53.7 Å². The number of carbonyl (C=O) groups excluding carboxylic acids is 2. The zero-order valence-electron chi connectivity index (χ0n) is 20.0. The average Bonchev–Trinajstić information content (AvgIpc) is 3.30. The number of hydrogen-bond donors (Lipinski definition) is 1. The zero-order chi connectivity index (χ0) is 24.4. The van der Waals surface area contributed by atoms with Crippen LogP contribution in [0.1, 0.15) is 21.5 Å². The standard InChI is InChI=1S/C28H28N4O3/c1-19-7-6-8-20(2)26(19)29-25(33)18-31-13-15-32(16-14-31)28(34)22-11-12-24-23(17-22)27(35-30-24)21-9-4-3-5-10-21/h3-12,17H,13-16,18H2,1-2H3,(H,29,33). The van der Waals surface area contributed by atoms with Gasteiger partial charge >= 0.3 is 0 Å². The molecule has 7 heteroatoms. The molecule has 4 aromatic rings. The van der Waals surface area contributed by atoms with Crippen LogP contribution in [0.2, 0.25) is 0 Å². The monoisotopic (exact) mass is 468 g/mol. The number of rotatable bonds is 5. The fourth-order valence-electron chi connectivity index (χ4n) is 4.56. The molecule has 1 saturated heterocycles. The van der Waals surface area contributed by atoms with Crippen LogP contribution in [-0.2, 0) is 4.79 Å². The van der Waals surface area contributed by atoms with Crippen molar-refractivity contribution in [2.75, 3.05) is 38.0 Å². The maximum Gasteiger partial charge on any atom is 0.253 e. The van der Waals surface area contributed by atoms with Gasteiger partial charge in [0.1, 0.15) is 5.52 Å². The third kappa shape index (κ3) is 4.81. The fraction of sp³-hybridized carbons (Fsp3) is 0.250. The van der Waals surface area contributed by atoms with Gasteiger partial charge in [-0.25, -0.2) is 0 Å². The second-order valence-corrected chi connectivity index (χ2v) is 8.99. The van der Waals surface area contributed by atoms with E-state index in [-0.39, 0.29) is 11.8 Å².